The predicted molar refractivity (Wildman–Crippen MR) is 93.9 cm³/mol. The Labute approximate surface area is 146 Å². The number of likely N-dealkylation sites (tertiary alicyclic amines) is 1. The highest BCUT2D eigenvalue weighted by Crippen LogP contribution is 2.31. The van der Waals surface area contributed by atoms with Crippen molar-refractivity contribution in [3.05, 3.63) is 42.0 Å². The molecular formula is C18H23N3O2S. The minimum absolute atomic E-state index is 0.0416. The van der Waals surface area contributed by atoms with E-state index in [9.17, 15) is 4.79 Å². The standard InChI is InChI=1S/C18H23N3O2S/c1-18(2,3)13-6-8-14(9-7-13)24-11-16(22)21-10-4-5-15(21)17-19-12-23-20-17/h6-9,12,15H,4-5,10-11H2,1-3H3. The lowest BCUT2D eigenvalue weighted by Crippen LogP contribution is -2.32. The number of nitrogens with zero attached hydrogens (tertiary/aromatic N) is 3. The Hall–Kier alpha value is -1.82. The van der Waals surface area contributed by atoms with E-state index in [4.69, 9.17) is 4.52 Å². The van der Waals surface area contributed by atoms with Crippen LogP contribution in [0.15, 0.2) is 40.1 Å². The van der Waals surface area contributed by atoms with Crippen LogP contribution in [-0.2, 0) is 10.2 Å². The Kier molecular flexibility index (Phi) is 4.94. The third-order valence-corrected chi connectivity index (χ3v) is 5.33. The van der Waals surface area contributed by atoms with E-state index in [0.717, 1.165) is 24.3 Å². The van der Waals surface area contributed by atoms with Crippen molar-refractivity contribution < 1.29 is 9.32 Å². The molecule has 0 bridgehead atoms. The van der Waals surface area contributed by atoms with Crippen LogP contribution in [0.4, 0.5) is 0 Å². The molecule has 1 fully saturated rings. The van der Waals surface area contributed by atoms with E-state index in [1.165, 1.54) is 12.0 Å². The van der Waals surface area contributed by atoms with Crippen molar-refractivity contribution in [1.29, 1.82) is 0 Å². The normalized spacial score (nSPS) is 18.1. The van der Waals surface area contributed by atoms with Gasteiger partial charge in [0.25, 0.3) is 0 Å². The molecule has 1 aromatic heterocycles. The van der Waals surface area contributed by atoms with Crippen LogP contribution >= 0.6 is 11.8 Å². The third-order valence-electron chi connectivity index (χ3n) is 4.33. The molecule has 2 aromatic rings. The zero-order valence-corrected chi connectivity index (χ0v) is 15.2. The van der Waals surface area contributed by atoms with Crippen LogP contribution in [-0.4, -0.2) is 33.2 Å². The first kappa shape index (κ1) is 17.0. The number of carbonyl (C=O) groups excluding carboxylic acids is 1. The van der Waals surface area contributed by atoms with Crippen molar-refractivity contribution in [1.82, 2.24) is 15.0 Å². The summed E-state index contributed by atoms with van der Waals surface area (Å²) in [7, 11) is 0. The summed E-state index contributed by atoms with van der Waals surface area (Å²) < 4.78 is 4.82. The van der Waals surface area contributed by atoms with Gasteiger partial charge in [-0.3, -0.25) is 4.79 Å². The van der Waals surface area contributed by atoms with Gasteiger partial charge in [0.05, 0.1) is 11.8 Å². The Balaban J connectivity index is 1.59. The van der Waals surface area contributed by atoms with E-state index >= 15 is 0 Å². The zero-order valence-electron chi connectivity index (χ0n) is 14.4. The van der Waals surface area contributed by atoms with Gasteiger partial charge >= 0.3 is 0 Å². The topological polar surface area (TPSA) is 59.2 Å². The van der Waals surface area contributed by atoms with Crippen molar-refractivity contribution >= 4 is 17.7 Å². The fraction of sp³-hybridized carbons (Fsp3) is 0.500. The van der Waals surface area contributed by atoms with Gasteiger partial charge < -0.3 is 9.42 Å². The number of aromatic nitrogens is 2. The van der Waals surface area contributed by atoms with Crippen LogP contribution in [0.25, 0.3) is 0 Å². The van der Waals surface area contributed by atoms with Crippen molar-refractivity contribution in [2.45, 2.75) is 50.0 Å². The third kappa shape index (κ3) is 3.80. The lowest BCUT2D eigenvalue weighted by molar-refractivity contribution is -0.129. The van der Waals surface area contributed by atoms with E-state index in [-0.39, 0.29) is 17.4 Å². The van der Waals surface area contributed by atoms with Gasteiger partial charge in [-0.05, 0) is 36.0 Å². The second-order valence-corrected chi connectivity index (χ2v) is 8.15. The van der Waals surface area contributed by atoms with E-state index in [0.29, 0.717) is 11.6 Å². The van der Waals surface area contributed by atoms with Crippen molar-refractivity contribution in [3.63, 3.8) is 0 Å². The fourth-order valence-corrected chi connectivity index (χ4v) is 3.72. The Bertz CT molecular complexity index is 677. The van der Waals surface area contributed by atoms with Gasteiger partial charge in [0.15, 0.2) is 5.82 Å². The van der Waals surface area contributed by atoms with E-state index in [1.54, 1.807) is 11.8 Å². The summed E-state index contributed by atoms with van der Waals surface area (Å²) in [6.45, 7) is 7.36. The molecule has 1 aliphatic heterocycles. The Morgan fingerprint density at radius 1 is 1.33 bits per heavy atom. The first-order chi connectivity index (χ1) is 11.4. The van der Waals surface area contributed by atoms with Gasteiger partial charge in [-0.2, -0.15) is 4.98 Å². The lowest BCUT2D eigenvalue weighted by Gasteiger charge is -2.22. The van der Waals surface area contributed by atoms with E-state index in [2.05, 4.69) is 55.2 Å². The van der Waals surface area contributed by atoms with Crippen LogP contribution in [0.2, 0.25) is 0 Å². The summed E-state index contributed by atoms with van der Waals surface area (Å²) >= 11 is 1.58. The molecule has 2 heterocycles. The van der Waals surface area contributed by atoms with Crippen LogP contribution in [0.5, 0.6) is 0 Å². The minimum atomic E-state index is -0.0416. The monoisotopic (exact) mass is 345 g/mol. The number of benzene rings is 1. The molecule has 0 N–H and O–H groups in total. The van der Waals surface area contributed by atoms with Gasteiger partial charge in [-0.15, -0.1) is 11.8 Å². The molecule has 1 saturated heterocycles. The summed E-state index contributed by atoms with van der Waals surface area (Å²) in [5.74, 6) is 1.18. The fourth-order valence-electron chi connectivity index (χ4n) is 2.94. The predicted octanol–water partition coefficient (Wildman–Crippen LogP) is 3.82. The van der Waals surface area contributed by atoms with Crippen LogP contribution in [0.3, 0.4) is 0 Å². The molecule has 0 aliphatic carbocycles. The van der Waals surface area contributed by atoms with E-state index in [1.807, 2.05) is 4.90 Å². The van der Waals surface area contributed by atoms with Crippen LogP contribution in [0.1, 0.15) is 51.0 Å². The smallest absolute Gasteiger partial charge is 0.233 e. The number of rotatable bonds is 4. The van der Waals surface area contributed by atoms with Gasteiger partial charge in [0.1, 0.15) is 0 Å². The summed E-state index contributed by atoms with van der Waals surface area (Å²) in [5, 5.41) is 3.90. The first-order valence-electron chi connectivity index (χ1n) is 8.24. The highest BCUT2D eigenvalue weighted by molar-refractivity contribution is 8.00. The molecule has 5 nitrogen and oxygen atoms in total. The van der Waals surface area contributed by atoms with Crippen molar-refractivity contribution in [2.75, 3.05) is 12.3 Å². The van der Waals surface area contributed by atoms with Crippen molar-refractivity contribution in [2.24, 2.45) is 0 Å². The highest BCUT2D eigenvalue weighted by Gasteiger charge is 2.32. The van der Waals surface area contributed by atoms with Gasteiger partial charge in [-0.1, -0.05) is 38.1 Å². The average molecular weight is 345 g/mol. The highest BCUT2D eigenvalue weighted by atomic mass is 32.2. The molecule has 6 heteroatoms. The summed E-state index contributed by atoms with van der Waals surface area (Å²) in [4.78, 5) is 19.7. The molecular weight excluding hydrogens is 322 g/mol. The molecule has 1 atom stereocenters. The van der Waals surface area contributed by atoms with Crippen molar-refractivity contribution in [3.8, 4) is 0 Å². The average Bonchev–Trinajstić information content (AvgIpc) is 3.22. The minimum Gasteiger partial charge on any atom is -0.343 e. The summed E-state index contributed by atoms with van der Waals surface area (Å²) in [6.07, 6.45) is 3.20. The largest absolute Gasteiger partial charge is 0.343 e. The molecule has 1 aliphatic rings. The van der Waals surface area contributed by atoms with Gasteiger partial charge in [-0.25, -0.2) is 0 Å². The van der Waals surface area contributed by atoms with Crippen LogP contribution < -0.4 is 0 Å². The molecule has 0 saturated carbocycles. The summed E-state index contributed by atoms with van der Waals surface area (Å²) in [6, 6.07) is 8.44. The molecule has 1 unspecified atom stereocenters. The van der Waals surface area contributed by atoms with E-state index < -0.39 is 0 Å². The molecule has 0 radical (unpaired) electrons. The summed E-state index contributed by atoms with van der Waals surface area (Å²) in [5.41, 5.74) is 1.45. The molecule has 128 valence electrons. The zero-order chi connectivity index (χ0) is 17.2. The number of amides is 1. The Morgan fingerprint density at radius 3 is 2.71 bits per heavy atom. The quantitative estimate of drug-likeness (QED) is 0.788. The Morgan fingerprint density at radius 2 is 2.08 bits per heavy atom. The second kappa shape index (κ2) is 6.97. The molecule has 1 aromatic carbocycles. The number of hydrogen-bond acceptors (Lipinski definition) is 5. The molecule has 24 heavy (non-hydrogen) atoms. The molecule has 1 amide bonds. The maximum Gasteiger partial charge on any atom is 0.233 e. The maximum atomic E-state index is 12.6. The van der Waals surface area contributed by atoms with Gasteiger partial charge in [0.2, 0.25) is 12.3 Å². The SMILES string of the molecule is CC(C)(C)c1ccc(SCC(=O)N2CCCC2c2ncon2)cc1. The number of hydrogen-bond donors (Lipinski definition) is 0. The number of carbonyl (C=O) groups is 1. The number of thioether (sulfide) groups is 1. The maximum absolute atomic E-state index is 12.6. The second-order valence-electron chi connectivity index (χ2n) is 7.10. The van der Waals surface area contributed by atoms with Crippen LogP contribution in [0, 0.1) is 0 Å². The lowest BCUT2D eigenvalue weighted by atomic mass is 9.87. The first-order valence-corrected chi connectivity index (χ1v) is 9.23. The van der Waals surface area contributed by atoms with Gasteiger partial charge in [0, 0.05) is 11.4 Å². The molecule has 3 rings (SSSR count). The molecule has 0 spiro atoms.